The van der Waals surface area contributed by atoms with Gasteiger partial charge in [-0.3, -0.25) is 4.79 Å². The lowest BCUT2D eigenvalue weighted by atomic mass is 9.89. The van der Waals surface area contributed by atoms with Crippen LogP contribution in [0.15, 0.2) is 121 Å². The first-order chi connectivity index (χ1) is 18.8. The highest BCUT2D eigenvalue weighted by Crippen LogP contribution is 2.49. The first-order valence-electron chi connectivity index (χ1n) is 14.1. The van der Waals surface area contributed by atoms with E-state index in [2.05, 4.69) is 24.3 Å². The molecule has 0 saturated carbocycles. The first kappa shape index (κ1) is 32.1. The standard InChI is InChI=1S/C29H20O.4C2H6/c30-29-27(23-17-9-3-10-18-23)25(21-13-5-1-6-14-21)26(22-15-7-2-8-16-22)28(29)24-19-11-4-12-20-24;4*1-2/h1-20H;4*1-2H3. The van der Waals surface area contributed by atoms with Crippen molar-refractivity contribution in [3.63, 3.8) is 0 Å². The van der Waals surface area contributed by atoms with Crippen LogP contribution in [0.25, 0.3) is 22.3 Å². The minimum atomic E-state index is 0.0742. The molecule has 0 spiro atoms. The average molecular weight is 505 g/mol. The Kier molecular flexibility index (Phi) is 15.4. The van der Waals surface area contributed by atoms with Gasteiger partial charge in [0.15, 0.2) is 5.78 Å². The summed E-state index contributed by atoms with van der Waals surface area (Å²) in [5.41, 5.74) is 7.51. The van der Waals surface area contributed by atoms with Gasteiger partial charge < -0.3 is 0 Å². The summed E-state index contributed by atoms with van der Waals surface area (Å²) >= 11 is 0. The molecule has 1 heteroatoms. The van der Waals surface area contributed by atoms with Crippen LogP contribution in [-0.2, 0) is 4.79 Å². The normalized spacial score (nSPS) is 11.5. The van der Waals surface area contributed by atoms with Gasteiger partial charge in [0.2, 0.25) is 0 Å². The van der Waals surface area contributed by atoms with Crippen molar-refractivity contribution >= 4 is 28.1 Å². The second-order valence-electron chi connectivity index (χ2n) is 7.29. The van der Waals surface area contributed by atoms with E-state index in [4.69, 9.17) is 0 Å². The van der Waals surface area contributed by atoms with E-state index in [0.717, 1.165) is 44.5 Å². The van der Waals surface area contributed by atoms with Crippen molar-refractivity contribution < 1.29 is 4.79 Å². The smallest absolute Gasteiger partial charge is 0.195 e. The molecule has 4 aromatic carbocycles. The lowest BCUT2D eigenvalue weighted by molar-refractivity contribution is -0.108. The second-order valence-corrected chi connectivity index (χ2v) is 7.29. The maximum Gasteiger partial charge on any atom is 0.195 e. The molecule has 1 nitrogen and oxygen atoms in total. The van der Waals surface area contributed by atoms with E-state index >= 15 is 0 Å². The molecular formula is C37H44O. The van der Waals surface area contributed by atoms with Gasteiger partial charge in [-0.05, 0) is 22.3 Å². The minimum absolute atomic E-state index is 0.0742. The molecule has 4 aromatic rings. The second kappa shape index (κ2) is 18.3. The average Bonchev–Trinajstić information content (AvgIpc) is 3.35. The third-order valence-electron chi connectivity index (χ3n) is 5.45. The summed E-state index contributed by atoms with van der Waals surface area (Å²) < 4.78 is 0. The van der Waals surface area contributed by atoms with E-state index in [1.54, 1.807) is 0 Å². The molecule has 0 heterocycles. The van der Waals surface area contributed by atoms with Crippen molar-refractivity contribution in [1.29, 1.82) is 0 Å². The highest BCUT2D eigenvalue weighted by atomic mass is 16.1. The lowest BCUT2D eigenvalue weighted by Crippen LogP contribution is -2.01. The SMILES string of the molecule is CC.CC.CC.CC.O=C1C(c2ccccc2)=C(c2ccccc2)C(c2ccccc2)=C1c1ccccc1. The summed E-state index contributed by atoms with van der Waals surface area (Å²) in [6.07, 6.45) is 0. The van der Waals surface area contributed by atoms with Crippen LogP contribution in [0.2, 0.25) is 0 Å². The summed E-state index contributed by atoms with van der Waals surface area (Å²) in [5, 5.41) is 0. The van der Waals surface area contributed by atoms with Gasteiger partial charge in [0.05, 0.1) is 0 Å². The van der Waals surface area contributed by atoms with Crippen LogP contribution >= 0.6 is 0 Å². The fourth-order valence-corrected chi connectivity index (χ4v) is 4.15. The van der Waals surface area contributed by atoms with E-state index < -0.39 is 0 Å². The van der Waals surface area contributed by atoms with Gasteiger partial charge in [-0.15, -0.1) is 0 Å². The Morgan fingerprint density at radius 2 is 0.474 bits per heavy atom. The largest absolute Gasteiger partial charge is 0.289 e. The number of hydrogen-bond donors (Lipinski definition) is 0. The molecule has 5 rings (SSSR count). The Morgan fingerprint density at radius 1 is 0.289 bits per heavy atom. The third-order valence-corrected chi connectivity index (χ3v) is 5.45. The van der Waals surface area contributed by atoms with E-state index in [0.29, 0.717) is 0 Å². The molecule has 0 unspecified atom stereocenters. The quantitative estimate of drug-likeness (QED) is 0.270. The minimum Gasteiger partial charge on any atom is -0.289 e. The third kappa shape index (κ3) is 7.52. The van der Waals surface area contributed by atoms with E-state index in [1.807, 2.05) is 152 Å². The molecule has 0 saturated heterocycles. The molecule has 0 amide bonds. The van der Waals surface area contributed by atoms with Gasteiger partial charge in [0.1, 0.15) is 0 Å². The topological polar surface area (TPSA) is 17.1 Å². The summed E-state index contributed by atoms with van der Waals surface area (Å²) in [6.45, 7) is 16.0. The zero-order valence-corrected chi connectivity index (χ0v) is 24.5. The summed E-state index contributed by atoms with van der Waals surface area (Å²) in [7, 11) is 0. The monoisotopic (exact) mass is 504 g/mol. The molecule has 1 aliphatic carbocycles. The molecule has 0 radical (unpaired) electrons. The molecule has 38 heavy (non-hydrogen) atoms. The van der Waals surface area contributed by atoms with Crippen molar-refractivity contribution in [1.82, 2.24) is 0 Å². The summed E-state index contributed by atoms with van der Waals surface area (Å²) in [4.78, 5) is 14.0. The van der Waals surface area contributed by atoms with Crippen LogP contribution in [-0.4, -0.2) is 5.78 Å². The highest BCUT2D eigenvalue weighted by Gasteiger charge is 2.35. The van der Waals surface area contributed by atoms with Crippen LogP contribution in [0, 0.1) is 0 Å². The zero-order chi connectivity index (χ0) is 28.3. The van der Waals surface area contributed by atoms with E-state index in [9.17, 15) is 4.79 Å². The Morgan fingerprint density at radius 3 is 0.684 bits per heavy atom. The number of rotatable bonds is 4. The van der Waals surface area contributed by atoms with Crippen LogP contribution < -0.4 is 0 Å². The fraction of sp³-hybridized carbons (Fsp3) is 0.216. The molecular weight excluding hydrogens is 460 g/mol. The molecule has 198 valence electrons. The molecule has 0 atom stereocenters. The first-order valence-corrected chi connectivity index (χ1v) is 14.1. The van der Waals surface area contributed by atoms with Crippen LogP contribution in [0.5, 0.6) is 0 Å². The number of carbonyl (C=O) groups excluding carboxylic acids is 1. The van der Waals surface area contributed by atoms with Crippen molar-refractivity contribution in [3.8, 4) is 0 Å². The van der Waals surface area contributed by atoms with Gasteiger partial charge in [-0.2, -0.15) is 0 Å². The van der Waals surface area contributed by atoms with E-state index in [1.165, 1.54) is 0 Å². The zero-order valence-electron chi connectivity index (χ0n) is 24.5. The molecule has 0 aliphatic heterocycles. The number of carbonyl (C=O) groups is 1. The van der Waals surface area contributed by atoms with Crippen LogP contribution in [0.3, 0.4) is 0 Å². The summed E-state index contributed by atoms with van der Waals surface area (Å²) in [5.74, 6) is 0.0742. The Labute approximate surface area is 231 Å². The molecule has 0 bridgehead atoms. The number of Topliss-reactive ketones (excluding diaryl/α,β-unsaturated/α-hetero) is 1. The molecule has 0 fully saturated rings. The molecule has 0 N–H and O–H groups in total. The van der Waals surface area contributed by atoms with Crippen LogP contribution in [0.1, 0.15) is 77.6 Å². The highest BCUT2D eigenvalue weighted by molar-refractivity contribution is 6.59. The van der Waals surface area contributed by atoms with Crippen molar-refractivity contribution in [2.75, 3.05) is 0 Å². The Hall–Kier alpha value is -3.97. The lowest BCUT2D eigenvalue weighted by Gasteiger charge is -2.13. The van der Waals surface area contributed by atoms with Gasteiger partial charge >= 0.3 is 0 Å². The summed E-state index contributed by atoms with van der Waals surface area (Å²) in [6, 6.07) is 40.5. The van der Waals surface area contributed by atoms with Gasteiger partial charge in [-0.1, -0.05) is 177 Å². The maximum atomic E-state index is 14.0. The predicted molar refractivity (Wildman–Crippen MR) is 170 cm³/mol. The number of hydrogen-bond acceptors (Lipinski definition) is 1. The van der Waals surface area contributed by atoms with Crippen molar-refractivity contribution in [3.05, 3.63) is 144 Å². The maximum absolute atomic E-state index is 14.0. The number of allylic oxidation sites excluding steroid dienone is 4. The predicted octanol–water partition coefficient (Wildman–Crippen LogP) is 10.9. The number of ketones is 1. The molecule has 1 aliphatic rings. The fourth-order valence-electron chi connectivity index (χ4n) is 4.15. The van der Waals surface area contributed by atoms with Gasteiger partial charge in [0, 0.05) is 22.3 Å². The Balaban J connectivity index is 0.000000829. The number of benzene rings is 4. The van der Waals surface area contributed by atoms with Crippen molar-refractivity contribution in [2.24, 2.45) is 0 Å². The molecule has 0 aromatic heterocycles. The Bertz CT molecular complexity index is 1150. The van der Waals surface area contributed by atoms with Gasteiger partial charge in [-0.25, -0.2) is 0 Å². The van der Waals surface area contributed by atoms with Crippen molar-refractivity contribution in [2.45, 2.75) is 55.4 Å². The van der Waals surface area contributed by atoms with Crippen LogP contribution in [0.4, 0.5) is 0 Å². The van der Waals surface area contributed by atoms with E-state index in [-0.39, 0.29) is 5.78 Å². The van der Waals surface area contributed by atoms with Gasteiger partial charge in [0.25, 0.3) is 0 Å².